The maximum atomic E-state index is 6.83. The Morgan fingerprint density at radius 1 is 1.00 bits per heavy atom. The lowest BCUT2D eigenvalue weighted by Gasteiger charge is -2.56. The van der Waals surface area contributed by atoms with Crippen LogP contribution in [0.15, 0.2) is 0 Å². The highest BCUT2D eigenvalue weighted by molar-refractivity contribution is 8.49. The molecule has 0 aromatic rings. The monoisotopic (exact) mass is 365 g/mol. The highest BCUT2D eigenvalue weighted by Gasteiger charge is 2.54. The Kier molecular flexibility index (Phi) is 8.41. The smallest absolute Gasteiger partial charge is 0.374 e. The van der Waals surface area contributed by atoms with Crippen molar-refractivity contribution in [2.45, 2.75) is 66.4 Å². The lowest BCUT2D eigenvalue weighted by molar-refractivity contribution is -0.0258. The molecule has 0 aliphatic heterocycles. The number of hydrogen-bond acceptors (Lipinski definition) is 3. The predicted molar refractivity (Wildman–Crippen MR) is 103 cm³/mol. The molecule has 0 spiro atoms. The Hall–Kier alpha value is 0.664. The fourth-order valence-electron chi connectivity index (χ4n) is 2.52. The molecule has 0 heterocycles. The molecule has 0 amide bonds. The molecular weight excluding hydrogens is 328 g/mol. The van der Waals surface area contributed by atoms with Crippen LogP contribution in [0.1, 0.15) is 55.4 Å². The summed E-state index contributed by atoms with van der Waals surface area (Å²) in [6.07, 6.45) is 4.48. The van der Waals surface area contributed by atoms with E-state index in [0.29, 0.717) is 19.1 Å². The van der Waals surface area contributed by atoms with Gasteiger partial charge in [-0.05, 0) is 44.6 Å². The van der Waals surface area contributed by atoms with Crippen molar-refractivity contribution in [3.63, 3.8) is 0 Å². The molecule has 3 radical (unpaired) electrons. The van der Waals surface area contributed by atoms with Crippen LogP contribution in [0.5, 0.6) is 0 Å². The van der Waals surface area contributed by atoms with Crippen LogP contribution in [-0.2, 0) is 13.3 Å². The topological polar surface area (TPSA) is 27.7 Å². The predicted octanol–water partition coefficient (Wildman–Crippen LogP) is 4.58. The van der Waals surface area contributed by atoms with Crippen LogP contribution < -0.4 is 0 Å². The van der Waals surface area contributed by atoms with E-state index in [-0.39, 0.29) is 10.3 Å². The van der Waals surface area contributed by atoms with E-state index < -0.39 is 18.3 Å². The average molecular weight is 366 g/mol. The van der Waals surface area contributed by atoms with Crippen molar-refractivity contribution in [1.29, 1.82) is 0 Å². The molecule has 3 nitrogen and oxygen atoms in total. The molecule has 0 aromatic carbocycles. The van der Waals surface area contributed by atoms with Gasteiger partial charge in [0.15, 0.2) is 0 Å². The van der Waals surface area contributed by atoms with Crippen molar-refractivity contribution in [2.75, 3.05) is 25.7 Å². The summed E-state index contributed by atoms with van der Waals surface area (Å²) in [7, 11) is 0.0933. The lowest BCUT2D eigenvalue weighted by Crippen LogP contribution is -2.58. The first kappa shape index (κ1) is 22.7. The number of rotatable bonds is 9. The molecule has 0 N–H and O–H groups in total. The van der Waals surface area contributed by atoms with E-state index in [9.17, 15) is 0 Å². The quantitative estimate of drug-likeness (QED) is 0.560. The standard InChI is InChI=1S/C16H37O3SSi2/c1-11-17-22(18-12-2,13-14(3)4)19-16(8,15(5,6)7)20(9,10)21/h14H,11-13H2,1-10H3. The Morgan fingerprint density at radius 2 is 1.41 bits per heavy atom. The summed E-state index contributed by atoms with van der Waals surface area (Å²) in [6, 6.07) is 0.849. The van der Waals surface area contributed by atoms with Crippen molar-refractivity contribution in [3.8, 4) is 0 Å². The molecule has 0 aromatic heterocycles. The van der Waals surface area contributed by atoms with Gasteiger partial charge in [0.25, 0.3) is 0 Å². The normalized spacial score (nSPS) is 17.6. The van der Waals surface area contributed by atoms with Crippen LogP contribution in [0.4, 0.5) is 0 Å². The fraction of sp³-hybridized carbons (Fsp3) is 1.00. The Morgan fingerprint density at radius 3 is 1.64 bits per heavy atom. The van der Waals surface area contributed by atoms with Gasteiger partial charge in [-0.3, -0.25) is 0 Å². The minimum absolute atomic E-state index is 0.0307. The highest BCUT2D eigenvalue weighted by Crippen LogP contribution is 2.59. The Balaban J connectivity index is 5.82. The maximum Gasteiger partial charge on any atom is 0.502 e. The zero-order chi connectivity index (χ0) is 17.8. The van der Waals surface area contributed by atoms with Gasteiger partial charge < -0.3 is 13.3 Å². The van der Waals surface area contributed by atoms with Crippen molar-refractivity contribution in [2.24, 2.45) is 11.3 Å². The minimum atomic E-state index is -2.72. The summed E-state index contributed by atoms with van der Waals surface area (Å²) in [4.78, 5) is -0.345. The van der Waals surface area contributed by atoms with Gasteiger partial charge in [0.2, 0.25) is 0 Å². The van der Waals surface area contributed by atoms with Crippen LogP contribution in [0, 0.1) is 11.3 Å². The van der Waals surface area contributed by atoms with E-state index in [1.165, 1.54) is 0 Å². The minimum Gasteiger partial charge on any atom is -0.374 e. The second kappa shape index (κ2) is 8.16. The molecule has 22 heavy (non-hydrogen) atoms. The first-order chi connectivity index (χ1) is 9.74. The SMILES string of the molecule is CCO[Si](CC(C)C)(OCC)OC(C)(C(C)(C)C)S(C)(C)[Si]. The summed E-state index contributed by atoms with van der Waals surface area (Å²) in [5.41, 5.74) is -0.0307. The zero-order valence-electron chi connectivity index (χ0n) is 16.3. The Labute approximate surface area is 144 Å². The van der Waals surface area contributed by atoms with Gasteiger partial charge in [0, 0.05) is 19.3 Å². The molecule has 1 atom stereocenters. The third kappa shape index (κ3) is 5.63. The van der Waals surface area contributed by atoms with Gasteiger partial charge >= 0.3 is 8.80 Å². The summed E-state index contributed by atoms with van der Waals surface area (Å²) in [5, 5.41) is 0. The van der Waals surface area contributed by atoms with Crippen LogP contribution >= 0.6 is 9.48 Å². The summed E-state index contributed by atoms with van der Waals surface area (Å²) >= 11 is 0. The van der Waals surface area contributed by atoms with E-state index >= 15 is 0 Å². The molecule has 0 fully saturated rings. The molecule has 0 aliphatic carbocycles. The maximum absolute atomic E-state index is 6.83. The van der Waals surface area contributed by atoms with E-state index in [2.05, 4.69) is 63.4 Å². The lowest BCUT2D eigenvalue weighted by atomic mass is 9.90. The van der Waals surface area contributed by atoms with Gasteiger partial charge in [-0.25, -0.2) is 9.48 Å². The van der Waals surface area contributed by atoms with E-state index in [1.807, 2.05) is 13.8 Å². The Bertz CT molecular complexity index is 315. The van der Waals surface area contributed by atoms with Crippen LogP contribution in [0.3, 0.4) is 0 Å². The molecular formula is C16H37O3SSi2. The molecule has 0 saturated carbocycles. The summed E-state index contributed by atoms with van der Waals surface area (Å²) in [6.45, 7) is 18.6. The van der Waals surface area contributed by atoms with Crippen LogP contribution in [0.2, 0.25) is 6.04 Å². The molecule has 1 unspecified atom stereocenters. The van der Waals surface area contributed by atoms with Gasteiger partial charge in [-0.2, -0.15) is 0 Å². The summed E-state index contributed by atoms with van der Waals surface area (Å²) in [5.74, 6) is 0.474. The van der Waals surface area contributed by atoms with Crippen molar-refractivity contribution in [3.05, 3.63) is 0 Å². The van der Waals surface area contributed by atoms with Gasteiger partial charge in [-0.15, -0.1) is 0 Å². The van der Waals surface area contributed by atoms with Crippen molar-refractivity contribution in [1.82, 2.24) is 0 Å². The third-order valence-electron chi connectivity index (χ3n) is 4.07. The van der Waals surface area contributed by atoms with Crippen LogP contribution in [-0.4, -0.2) is 48.9 Å². The molecule has 6 heteroatoms. The first-order valence-corrected chi connectivity index (χ1v) is 13.8. The zero-order valence-corrected chi connectivity index (χ0v) is 19.1. The van der Waals surface area contributed by atoms with E-state index in [4.69, 9.17) is 13.3 Å². The van der Waals surface area contributed by atoms with E-state index in [0.717, 1.165) is 6.04 Å². The number of hydrogen-bond donors (Lipinski definition) is 0. The van der Waals surface area contributed by atoms with Crippen molar-refractivity contribution < 1.29 is 13.3 Å². The van der Waals surface area contributed by atoms with Crippen LogP contribution in [0.25, 0.3) is 0 Å². The molecule has 0 bridgehead atoms. The largest absolute Gasteiger partial charge is 0.502 e. The first-order valence-electron chi connectivity index (χ1n) is 8.20. The highest BCUT2D eigenvalue weighted by atomic mass is 32.4. The second-order valence-electron chi connectivity index (χ2n) is 7.77. The third-order valence-corrected chi connectivity index (χ3v) is 11.5. The van der Waals surface area contributed by atoms with Gasteiger partial charge in [0.05, 0.1) is 14.3 Å². The molecule has 0 rings (SSSR count). The van der Waals surface area contributed by atoms with Gasteiger partial charge in [-0.1, -0.05) is 34.6 Å². The van der Waals surface area contributed by atoms with Gasteiger partial charge in [0.1, 0.15) is 0 Å². The molecule has 133 valence electrons. The van der Waals surface area contributed by atoms with E-state index in [1.54, 1.807) is 0 Å². The van der Waals surface area contributed by atoms with Crippen molar-refractivity contribution >= 4 is 27.7 Å². The fourth-order valence-corrected chi connectivity index (χ4v) is 9.86. The molecule has 0 aliphatic rings. The average Bonchev–Trinajstić information content (AvgIpc) is 2.25. The summed E-state index contributed by atoms with van der Waals surface area (Å²) < 4.78 is 19.1. The second-order valence-corrected chi connectivity index (χ2v) is 16.8. The molecule has 0 saturated heterocycles.